The summed E-state index contributed by atoms with van der Waals surface area (Å²) in [5.41, 5.74) is 6.81. The molecule has 1 aliphatic heterocycles. The Morgan fingerprint density at radius 3 is 2.64 bits per heavy atom. The Balaban J connectivity index is 1.64. The summed E-state index contributed by atoms with van der Waals surface area (Å²) in [4.78, 5) is 12.1. The van der Waals surface area contributed by atoms with Gasteiger partial charge in [0.25, 0.3) is 0 Å². The molecule has 2 aromatic rings. The van der Waals surface area contributed by atoms with E-state index in [2.05, 4.69) is 0 Å². The van der Waals surface area contributed by atoms with Crippen LogP contribution in [0.15, 0.2) is 54.2 Å². The van der Waals surface area contributed by atoms with E-state index in [1.165, 1.54) is 6.08 Å². The van der Waals surface area contributed by atoms with E-state index in [1.54, 1.807) is 7.11 Å². The Labute approximate surface area is 147 Å². The summed E-state index contributed by atoms with van der Waals surface area (Å²) in [5.74, 6) is -0.464. The maximum Gasteiger partial charge on any atom is 0.332 e. The number of hydrogen-bond acceptors (Lipinski definition) is 5. The molecule has 0 atom stereocenters. The molecular weight excluding hydrogens is 318 g/mol. The van der Waals surface area contributed by atoms with Gasteiger partial charge < -0.3 is 19.9 Å². The summed E-state index contributed by atoms with van der Waals surface area (Å²) >= 11 is 0. The molecule has 0 aliphatic carbocycles. The van der Waals surface area contributed by atoms with Crippen LogP contribution in [-0.4, -0.2) is 31.9 Å². The van der Waals surface area contributed by atoms with Gasteiger partial charge in [-0.25, -0.2) is 4.79 Å². The van der Waals surface area contributed by atoms with Crippen molar-refractivity contribution in [1.82, 2.24) is 0 Å². The van der Waals surface area contributed by atoms with Crippen LogP contribution >= 0.6 is 0 Å². The van der Waals surface area contributed by atoms with Gasteiger partial charge in [0.1, 0.15) is 12.2 Å². The number of hydrogen-bond donors (Lipinski definition) is 1. The van der Waals surface area contributed by atoms with Gasteiger partial charge in [0, 0.05) is 44.9 Å². The highest BCUT2D eigenvalue weighted by Gasteiger charge is 2.35. The summed E-state index contributed by atoms with van der Waals surface area (Å²) in [7, 11) is 1.60. The molecule has 0 aromatic heterocycles. The largest absolute Gasteiger partial charge is 0.458 e. The minimum absolute atomic E-state index is 0.205. The molecule has 1 fully saturated rings. The third-order valence-corrected chi connectivity index (χ3v) is 4.69. The Bertz CT molecular complexity index is 778. The van der Waals surface area contributed by atoms with Crippen molar-refractivity contribution in [2.24, 2.45) is 5.73 Å². The Hall–Kier alpha value is -2.37. The lowest BCUT2D eigenvalue weighted by molar-refractivity contribution is -0.139. The van der Waals surface area contributed by atoms with Gasteiger partial charge in [-0.1, -0.05) is 36.4 Å². The molecule has 0 radical (unpaired) electrons. The molecule has 5 heteroatoms. The number of carbonyl (C=O) groups is 1. The molecule has 2 N–H and O–H groups in total. The van der Waals surface area contributed by atoms with Crippen LogP contribution < -0.4 is 5.73 Å². The summed E-state index contributed by atoms with van der Waals surface area (Å²) in [6, 6.07) is 14.1. The van der Waals surface area contributed by atoms with Gasteiger partial charge >= 0.3 is 5.97 Å². The number of rotatable bonds is 5. The van der Waals surface area contributed by atoms with Crippen molar-refractivity contribution >= 4 is 16.7 Å². The van der Waals surface area contributed by atoms with Gasteiger partial charge in [-0.2, -0.15) is 0 Å². The molecule has 1 heterocycles. The highest BCUT2D eigenvalue weighted by Crippen LogP contribution is 2.29. The quantitative estimate of drug-likeness (QED) is 0.669. The number of benzene rings is 2. The molecule has 132 valence electrons. The van der Waals surface area contributed by atoms with Gasteiger partial charge in [-0.3, -0.25) is 0 Å². The molecule has 25 heavy (non-hydrogen) atoms. The summed E-state index contributed by atoms with van der Waals surface area (Å²) in [6.45, 7) is 1.33. The van der Waals surface area contributed by atoms with Crippen molar-refractivity contribution in [3.8, 4) is 0 Å². The smallest absolute Gasteiger partial charge is 0.332 e. The minimum atomic E-state index is -0.639. The molecule has 1 saturated heterocycles. The van der Waals surface area contributed by atoms with Crippen LogP contribution in [0.4, 0.5) is 0 Å². The molecule has 0 spiro atoms. The maximum absolute atomic E-state index is 12.1. The predicted octanol–water partition coefficient (Wildman–Crippen LogP) is 2.92. The van der Waals surface area contributed by atoms with Gasteiger partial charge in [-0.05, 0) is 22.4 Å². The number of carbonyl (C=O) groups excluding carboxylic acids is 1. The van der Waals surface area contributed by atoms with Crippen LogP contribution in [-0.2, 0) is 25.6 Å². The highest BCUT2D eigenvalue weighted by atomic mass is 16.5. The molecule has 1 aliphatic rings. The van der Waals surface area contributed by atoms with E-state index in [1.807, 2.05) is 42.5 Å². The third-order valence-electron chi connectivity index (χ3n) is 4.69. The number of ether oxygens (including phenoxy) is 3. The fourth-order valence-corrected chi connectivity index (χ4v) is 3.09. The first-order valence-corrected chi connectivity index (χ1v) is 8.38. The van der Waals surface area contributed by atoms with Crippen LogP contribution in [0, 0.1) is 0 Å². The maximum atomic E-state index is 12.1. The lowest BCUT2D eigenvalue weighted by Gasteiger charge is -2.36. The first-order valence-electron chi connectivity index (χ1n) is 8.38. The molecule has 2 aromatic carbocycles. The average Bonchev–Trinajstić information content (AvgIpc) is 2.66. The van der Waals surface area contributed by atoms with Gasteiger partial charge in [0.15, 0.2) is 0 Å². The Kier molecular flexibility index (Phi) is 5.36. The first-order chi connectivity index (χ1) is 12.1. The third kappa shape index (κ3) is 4.00. The van der Waals surface area contributed by atoms with E-state index >= 15 is 0 Å². The van der Waals surface area contributed by atoms with Crippen molar-refractivity contribution in [3.05, 3.63) is 59.8 Å². The summed E-state index contributed by atoms with van der Waals surface area (Å²) < 4.78 is 16.3. The molecule has 3 rings (SSSR count). The topological polar surface area (TPSA) is 70.8 Å². The van der Waals surface area contributed by atoms with Gasteiger partial charge in [0.05, 0.1) is 0 Å². The van der Waals surface area contributed by atoms with E-state index in [4.69, 9.17) is 19.9 Å². The second-order valence-corrected chi connectivity index (χ2v) is 6.20. The van der Waals surface area contributed by atoms with E-state index in [0.717, 1.165) is 16.3 Å². The van der Waals surface area contributed by atoms with Crippen LogP contribution in [0.3, 0.4) is 0 Å². The molecule has 0 bridgehead atoms. The fourth-order valence-electron chi connectivity index (χ4n) is 3.09. The SMILES string of the molecule is COC1(/C(N)=C/C(=O)OCc2ccc3ccccc3c2)CCOCC1. The van der Waals surface area contributed by atoms with Gasteiger partial charge in [-0.15, -0.1) is 0 Å². The normalized spacial score (nSPS) is 17.4. The van der Waals surface area contributed by atoms with E-state index < -0.39 is 11.6 Å². The average molecular weight is 341 g/mol. The minimum Gasteiger partial charge on any atom is -0.458 e. The van der Waals surface area contributed by atoms with E-state index in [-0.39, 0.29) is 6.61 Å². The van der Waals surface area contributed by atoms with Crippen molar-refractivity contribution in [1.29, 1.82) is 0 Å². The number of methoxy groups -OCH3 is 1. The van der Waals surface area contributed by atoms with Crippen LogP contribution in [0.2, 0.25) is 0 Å². The zero-order valence-corrected chi connectivity index (χ0v) is 14.4. The Morgan fingerprint density at radius 1 is 1.20 bits per heavy atom. The van der Waals surface area contributed by atoms with Crippen LogP contribution in [0.5, 0.6) is 0 Å². The second kappa shape index (κ2) is 7.68. The standard InChI is InChI=1S/C20H23NO4/c1-23-20(8-10-24-11-9-20)18(21)13-19(22)25-14-15-6-7-16-4-2-3-5-17(16)12-15/h2-7,12-13H,8-11,14,21H2,1H3/b18-13-. The molecule has 0 amide bonds. The number of esters is 1. The predicted molar refractivity (Wildman–Crippen MR) is 95.8 cm³/mol. The van der Waals surface area contributed by atoms with Gasteiger partial charge in [0.2, 0.25) is 0 Å². The van der Waals surface area contributed by atoms with E-state index in [0.29, 0.717) is 31.8 Å². The molecule has 5 nitrogen and oxygen atoms in total. The highest BCUT2D eigenvalue weighted by molar-refractivity contribution is 5.84. The van der Waals surface area contributed by atoms with E-state index in [9.17, 15) is 4.79 Å². The van der Waals surface area contributed by atoms with Crippen molar-refractivity contribution < 1.29 is 19.0 Å². The Morgan fingerprint density at radius 2 is 1.92 bits per heavy atom. The zero-order valence-electron chi connectivity index (χ0n) is 14.4. The second-order valence-electron chi connectivity index (χ2n) is 6.20. The molecular formula is C20H23NO4. The van der Waals surface area contributed by atoms with Crippen LogP contribution in [0.25, 0.3) is 10.8 Å². The lowest BCUT2D eigenvalue weighted by atomic mass is 9.90. The van der Waals surface area contributed by atoms with Crippen molar-refractivity contribution in [3.63, 3.8) is 0 Å². The lowest BCUT2D eigenvalue weighted by Crippen LogP contribution is -2.43. The van der Waals surface area contributed by atoms with Crippen molar-refractivity contribution in [2.75, 3.05) is 20.3 Å². The number of fused-ring (bicyclic) bond motifs is 1. The summed E-state index contributed by atoms with van der Waals surface area (Å²) in [5, 5.41) is 2.27. The van der Waals surface area contributed by atoms with Crippen LogP contribution in [0.1, 0.15) is 18.4 Å². The monoisotopic (exact) mass is 341 g/mol. The molecule has 0 unspecified atom stereocenters. The fraction of sp³-hybridized carbons (Fsp3) is 0.350. The van der Waals surface area contributed by atoms with Crippen molar-refractivity contribution in [2.45, 2.75) is 25.0 Å². The number of nitrogens with two attached hydrogens (primary N) is 1. The molecule has 0 saturated carbocycles. The first kappa shape index (κ1) is 17.5. The zero-order chi connectivity index (χ0) is 17.7. The summed E-state index contributed by atoms with van der Waals surface area (Å²) in [6.07, 6.45) is 2.59.